The standard InChI is InChI=1S/C31H34N4O3/c1-2-38-26-11-12-29-27(18-26)30(36)28(20-32-29)31(37)33-19-24-9-6-10-25(17-24)22-35-15-13-34(14-16-35)21-23-7-4-3-5-8-23/h3-12,17-18,20H,2,13-16,19,21-22H2,1H3,(H,32,36)(H,33,37). The molecule has 4 aromatic rings. The van der Waals surface area contributed by atoms with Crippen LogP contribution < -0.4 is 15.5 Å². The maximum atomic E-state index is 13.0. The van der Waals surface area contributed by atoms with Gasteiger partial charge < -0.3 is 15.0 Å². The summed E-state index contributed by atoms with van der Waals surface area (Å²) in [7, 11) is 0. The van der Waals surface area contributed by atoms with Crippen LogP contribution in [0.3, 0.4) is 0 Å². The summed E-state index contributed by atoms with van der Waals surface area (Å²) >= 11 is 0. The van der Waals surface area contributed by atoms with Gasteiger partial charge in [-0.1, -0.05) is 54.6 Å². The van der Waals surface area contributed by atoms with Crippen LogP contribution in [-0.2, 0) is 19.6 Å². The van der Waals surface area contributed by atoms with Gasteiger partial charge in [0.2, 0.25) is 5.43 Å². The minimum absolute atomic E-state index is 0.0932. The fourth-order valence-corrected chi connectivity index (χ4v) is 4.94. The molecule has 3 aromatic carbocycles. The average Bonchev–Trinajstić information content (AvgIpc) is 2.94. The Labute approximate surface area is 223 Å². The van der Waals surface area contributed by atoms with Crippen LogP contribution in [-0.4, -0.2) is 53.5 Å². The van der Waals surface area contributed by atoms with Crippen molar-refractivity contribution < 1.29 is 9.53 Å². The molecule has 2 N–H and O–H groups in total. The first kappa shape index (κ1) is 25.7. The van der Waals surface area contributed by atoms with Crippen molar-refractivity contribution in [3.63, 3.8) is 0 Å². The lowest BCUT2D eigenvalue weighted by Crippen LogP contribution is -2.45. The predicted octanol–water partition coefficient (Wildman–Crippen LogP) is 4.17. The number of aromatic amines is 1. The number of H-pyrrole nitrogens is 1. The summed E-state index contributed by atoms with van der Waals surface area (Å²) in [6, 6.07) is 24.2. The van der Waals surface area contributed by atoms with Gasteiger partial charge in [0.25, 0.3) is 5.91 Å². The lowest BCUT2D eigenvalue weighted by atomic mass is 10.1. The number of piperazine rings is 1. The first-order valence-electron chi connectivity index (χ1n) is 13.2. The van der Waals surface area contributed by atoms with Crippen molar-refractivity contribution in [3.05, 3.63) is 111 Å². The molecule has 0 saturated carbocycles. The Morgan fingerprint density at radius 3 is 2.29 bits per heavy atom. The van der Waals surface area contributed by atoms with E-state index < -0.39 is 5.91 Å². The van der Waals surface area contributed by atoms with E-state index in [0.29, 0.717) is 29.8 Å². The second-order valence-electron chi connectivity index (χ2n) is 9.71. The van der Waals surface area contributed by atoms with Gasteiger partial charge in [0.05, 0.1) is 6.61 Å². The highest BCUT2D eigenvalue weighted by molar-refractivity contribution is 5.97. The third-order valence-corrected chi connectivity index (χ3v) is 6.97. The number of amides is 1. The Morgan fingerprint density at radius 1 is 0.868 bits per heavy atom. The Kier molecular flexibility index (Phi) is 8.16. The summed E-state index contributed by atoms with van der Waals surface area (Å²) in [4.78, 5) is 33.9. The molecule has 196 valence electrons. The SMILES string of the molecule is CCOc1ccc2[nH]cc(C(=O)NCc3cccc(CN4CCN(Cc5ccccc5)CC4)c3)c(=O)c2c1. The molecule has 0 unspecified atom stereocenters. The summed E-state index contributed by atoms with van der Waals surface area (Å²) in [6.07, 6.45) is 1.48. The lowest BCUT2D eigenvalue weighted by molar-refractivity contribution is 0.0949. The van der Waals surface area contributed by atoms with Crippen LogP contribution in [0.4, 0.5) is 0 Å². The third kappa shape index (κ3) is 6.30. The molecule has 7 nitrogen and oxygen atoms in total. The van der Waals surface area contributed by atoms with Gasteiger partial charge in [-0.3, -0.25) is 19.4 Å². The predicted molar refractivity (Wildman–Crippen MR) is 150 cm³/mol. The molecule has 2 heterocycles. The number of benzene rings is 3. The van der Waals surface area contributed by atoms with Crippen molar-refractivity contribution in [2.24, 2.45) is 0 Å². The Balaban J connectivity index is 1.16. The number of fused-ring (bicyclic) bond motifs is 1. The van der Waals surface area contributed by atoms with Gasteiger partial charge in [0, 0.05) is 62.9 Å². The summed E-state index contributed by atoms with van der Waals surface area (Å²) in [6.45, 7) is 8.80. The second kappa shape index (κ2) is 12.1. The molecule has 1 saturated heterocycles. The Bertz CT molecular complexity index is 1440. The number of aromatic nitrogens is 1. The van der Waals surface area contributed by atoms with Crippen LogP contribution in [0.25, 0.3) is 10.9 Å². The molecule has 0 radical (unpaired) electrons. The van der Waals surface area contributed by atoms with Crippen LogP contribution in [0, 0.1) is 0 Å². The first-order chi connectivity index (χ1) is 18.6. The van der Waals surface area contributed by atoms with E-state index in [-0.39, 0.29) is 11.0 Å². The van der Waals surface area contributed by atoms with Gasteiger partial charge >= 0.3 is 0 Å². The topological polar surface area (TPSA) is 77.7 Å². The monoisotopic (exact) mass is 510 g/mol. The molecule has 1 amide bonds. The van der Waals surface area contributed by atoms with Crippen molar-refractivity contribution in [2.75, 3.05) is 32.8 Å². The number of hydrogen-bond acceptors (Lipinski definition) is 5. The molecule has 1 fully saturated rings. The molecule has 38 heavy (non-hydrogen) atoms. The van der Waals surface area contributed by atoms with Crippen molar-refractivity contribution in [2.45, 2.75) is 26.6 Å². The summed E-state index contributed by atoms with van der Waals surface area (Å²) in [5, 5.41) is 3.35. The van der Waals surface area contributed by atoms with Gasteiger partial charge in [0.1, 0.15) is 11.3 Å². The normalized spacial score (nSPS) is 14.4. The lowest BCUT2D eigenvalue weighted by Gasteiger charge is -2.34. The van der Waals surface area contributed by atoms with Crippen molar-refractivity contribution >= 4 is 16.8 Å². The molecule has 0 spiro atoms. The second-order valence-corrected chi connectivity index (χ2v) is 9.71. The van der Waals surface area contributed by atoms with Gasteiger partial charge in [-0.25, -0.2) is 0 Å². The van der Waals surface area contributed by atoms with Crippen LogP contribution in [0.1, 0.15) is 34.0 Å². The zero-order valence-corrected chi connectivity index (χ0v) is 21.8. The molecule has 1 aliphatic rings. The Hall–Kier alpha value is -3.94. The summed E-state index contributed by atoms with van der Waals surface area (Å²) in [5.74, 6) is 0.215. The highest BCUT2D eigenvalue weighted by Gasteiger charge is 2.18. The molecule has 5 rings (SSSR count). The van der Waals surface area contributed by atoms with E-state index in [2.05, 4.69) is 62.6 Å². The molecule has 1 aliphatic heterocycles. The van der Waals surface area contributed by atoms with Gasteiger partial charge in [-0.05, 0) is 41.8 Å². The zero-order valence-electron chi connectivity index (χ0n) is 21.8. The summed E-state index contributed by atoms with van der Waals surface area (Å²) < 4.78 is 5.51. The fourth-order valence-electron chi connectivity index (χ4n) is 4.94. The molecular formula is C31H34N4O3. The van der Waals surface area contributed by atoms with Crippen molar-refractivity contribution in [1.29, 1.82) is 0 Å². The molecular weight excluding hydrogens is 476 g/mol. The number of hydrogen-bond donors (Lipinski definition) is 2. The van der Waals surface area contributed by atoms with Crippen LogP contribution in [0.5, 0.6) is 5.75 Å². The molecule has 7 heteroatoms. The molecule has 0 aliphatic carbocycles. The number of pyridine rings is 1. The quantitative estimate of drug-likeness (QED) is 0.353. The van der Waals surface area contributed by atoms with E-state index in [1.165, 1.54) is 17.3 Å². The Morgan fingerprint density at radius 2 is 1.55 bits per heavy atom. The van der Waals surface area contributed by atoms with E-state index in [0.717, 1.165) is 44.8 Å². The first-order valence-corrected chi connectivity index (χ1v) is 13.2. The number of ether oxygens (including phenoxy) is 1. The minimum atomic E-state index is -0.394. The van der Waals surface area contributed by atoms with E-state index in [1.54, 1.807) is 18.2 Å². The molecule has 0 atom stereocenters. The third-order valence-electron chi connectivity index (χ3n) is 6.97. The largest absolute Gasteiger partial charge is 0.494 e. The van der Waals surface area contributed by atoms with Gasteiger partial charge in [-0.2, -0.15) is 0 Å². The highest BCUT2D eigenvalue weighted by atomic mass is 16.5. The number of carbonyl (C=O) groups excluding carboxylic acids is 1. The summed E-state index contributed by atoms with van der Waals surface area (Å²) in [5.41, 5.74) is 4.04. The van der Waals surface area contributed by atoms with Crippen LogP contribution in [0.2, 0.25) is 0 Å². The van der Waals surface area contributed by atoms with Crippen LogP contribution in [0.15, 0.2) is 83.8 Å². The van der Waals surface area contributed by atoms with E-state index in [4.69, 9.17) is 4.74 Å². The number of rotatable bonds is 9. The van der Waals surface area contributed by atoms with Crippen molar-refractivity contribution in [1.82, 2.24) is 20.1 Å². The fraction of sp³-hybridized carbons (Fsp3) is 0.290. The van der Waals surface area contributed by atoms with Gasteiger partial charge in [0.15, 0.2) is 0 Å². The smallest absolute Gasteiger partial charge is 0.257 e. The van der Waals surface area contributed by atoms with E-state index in [1.807, 2.05) is 19.1 Å². The highest BCUT2D eigenvalue weighted by Crippen LogP contribution is 2.18. The van der Waals surface area contributed by atoms with E-state index in [9.17, 15) is 9.59 Å². The average molecular weight is 511 g/mol. The molecule has 1 aromatic heterocycles. The van der Waals surface area contributed by atoms with Crippen LogP contribution >= 0.6 is 0 Å². The maximum Gasteiger partial charge on any atom is 0.257 e. The maximum absolute atomic E-state index is 13.0. The number of nitrogens with zero attached hydrogens (tertiary/aromatic N) is 2. The van der Waals surface area contributed by atoms with E-state index >= 15 is 0 Å². The number of carbonyl (C=O) groups is 1. The zero-order chi connectivity index (χ0) is 26.3. The minimum Gasteiger partial charge on any atom is -0.494 e. The van der Waals surface area contributed by atoms with Crippen molar-refractivity contribution in [3.8, 4) is 5.75 Å². The number of nitrogens with one attached hydrogen (secondary N) is 2. The molecule has 0 bridgehead atoms. The van der Waals surface area contributed by atoms with Gasteiger partial charge in [-0.15, -0.1) is 0 Å².